The average molecular weight is 458 g/mol. The molecule has 0 aliphatic carbocycles. The Hall–Kier alpha value is -3.64. The molecule has 6 heteroatoms. The minimum absolute atomic E-state index is 0.245. The number of nitrogens with zero attached hydrogens (tertiary/aromatic N) is 2. The number of anilines is 1. The molecule has 0 saturated carbocycles. The van der Waals surface area contributed by atoms with Crippen molar-refractivity contribution in [2.24, 2.45) is 0 Å². The minimum atomic E-state index is -0.900. The predicted octanol–water partition coefficient (Wildman–Crippen LogP) is 6.34. The SMILES string of the molecule is Cc1cc2cc(CN3CCCC3)cnc2cc1NC(=O)c1ccc(-c2ccc(F)c(F)c2)cc1. The fourth-order valence-electron chi connectivity index (χ4n) is 4.44. The van der Waals surface area contributed by atoms with Crippen molar-refractivity contribution in [3.05, 3.63) is 95.2 Å². The van der Waals surface area contributed by atoms with Crippen molar-refractivity contribution >= 4 is 22.5 Å². The Morgan fingerprint density at radius 1 is 0.941 bits per heavy atom. The molecular weight excluding hydrogens is 432 g/mol. The second-order valence-corrected chi connectivity index (χ2v) is 8.85. The maximum Gasteiger partial charge on any atom is 0.255 e. The third-order valence-corrected chi connectivity index (χ3v) is 6.34. The number of aryl methyl sites for hydroxylation is 1. The van der Waals surface area contributed by atoms with Gasteiger partial charge in [0.1, 0.15) is 0 Å². The minimum Gasteiger partial charge on any atom is -0.322 e. The molecule has 4 aromatic rings. The smallest absolute Gasteiger partial charge is 0.255 e. The van der Waals surface area contributed by atoms with Gasteiger partial charge in [0.25, 0.3) is 5.91 Å². The number of hydrogen-bond acceptors (Lipinski definition) is 3. The first kappa shape index (κ1) is 22.2. The number of aromatic nitrogens is 1. The molecule has 3 aromatic carbocycles. The summed E-state index contributed by atoms with van der Waals surface area (Å²) in [6.45, 7) is 5.17. The highest BCUT2D eigenvalue weighted by Crippen LogP contribution is 2.26. The van der Waals surface area contributed by atoms with Crippen molar-refractivity contribution in [3.8, 4) is 11.1 Å². The number of rotatable bonds is 5. The summed E-state index contributed by atoms with van der Waals surface area (Å²) in [5.41, 5.74) is 5.42. The van der Waals surface area contributed by atoms with Crippen LogP contribution in [0.5, 0.6) is 0 Å². The van der Waals surface area contributed by atoms with Crippen molar-refractivity contribution in [2.75, 3.05) is 18.4 Å². The van der Waals surface area contributed by atoms with E-state index in [1.54, 1.807) is 24.3 Å². The van der Waals surface area contributed by atoms with Gasteiger partial charge < -0.3 is 5.32 Å². The Balaban J connectivity index is 1.32. The molecular formula is C28H25F2N3O. The molecule has 0 spiro atoms. The molecule has 1 saturated heterocycles. The topological polar surface area (TPSA) is 45.2 Å². The number of nitrogens with one attached hydrogen (secondary N) is 1. The molecule has 1 N–H and O–H groups in total. The molecule has 5 rings (SSSR count). The summed E-state index contributed by atoms with van der Waals surface area (Å²) in [5.74, 6) is -2.03. The van der Waals surface area contributed by atoms with Gasteiger partial charge in [-0.05, 0) is 97.6 Å². The highest BCUT2D eigenvalue weighted by molar-refractivity contribution is 6.05. The Labute approximate surface area is 197 Å². The van der Waals surface area contributed by atoms with E-state index in [1.165, 1.54) is 24.5 Å². The molecule has 0 radical (unpaired) electrons. The van der Waals surface area contributed by atoms with Crippen LogP contribution in [0.25, 0.3) is 22.0 Å². The molecule has 0 atom stereocenters. The number of carbonyl (C=O) groups excluding carboxylic acids is 1. The molecule has 1 aromatic heterocycles. The number of pyridine rings is 1. The number of fused-ring (bicyclic) bond motifs is 1. The summed E-state index contributed by atoms with van der Waals surface area (Å²) in [6, 6.07) is 16.7. The van der Waals surface area contributed by atoms with Crippen LogP contribution in [0, 0.1) is 18.6 Å². The van der Waals surface area contributed by atoms with E-state index in [-0.39, 0.29) is 5.91 Å². The lowest BCUT2D eigenvalue weighted by molar-refractivity contribution is 0.102. The summed E-state index contributed by atoms with van der Waals surface area (Å²) < 4.78 is 26.7. The summed E-state index contributed by atoms with van der Waals surface area (Å²) in [4.78, 5) is 19.9. The van der Waals surface area contributed by atoms with Crippen molar-refractivity contribution in [3.63, 3.8) is 0 Å². The van der Waals surface area contributed by atoms with Crippen LogP contribution in [0.1, 0.15) is 34.3 Å². The van der Waals surface area contributed by atoms with Crippen LogP contribution < -0.4 is 5.32 Å². The first-order valence-corrected chi connectivity index (χ1v) is 11.4. The van der Waals surface area contributed by atoms with Crippen molar-refractivity contribution in [1.82, 2.24) is 9.88 Å². The van der Waals surface area contributed by atoms with Gasteiger partial charge in [0.15, 0.2) is 11.6 Å². The molecule has 1 amide bonds. The van der Waals surface area contributed by atoms with Gasteiger partial charge >= 0.3 is 0 Å². The van der Waals surface area contributed by atoms with Gasteiger partial charge in [-0.2, -0.15) is 0 Å². The van der Waals surface area contributed by atoms with Crippen LogP contribution >= 0.6 is 0 Å². The molecule has 0 bridgehead atoms. The van der Waals surface area contributed by atoms with Crippen LogP contribution in [-0.4, -0.2) is 28.9 Å². The third-order valence-electron chi connectivity index (χ3n) is 6.34. The summed E-state index contributed by atoms with van der Waals surface area (Å²) >= 11 is 0. The van der Waals surface area contributed by atoms with E-state index in [9.17, 15) is 13.6 Å². The molecule has 34 heavy (non-hydrogen) atoms. The monoisotopic (exact) mass is 457 g/mol. The Morgan fingerprint density at radius 3 is 2.41 bits per heavy atom. The van der Waals surface area contributed by atoms with E-state index >= 15 is 0 Å². The number of amides is 1. The third kappa shape index (κ3) is 4.68. The van der Waals surface area contributed by atoms with Gasteiger partial charge in [-0.25, -0.2) is 8.78 Å². The number of halogens is 2. The predicted molar refractivity (Wildman–Crippen MR) is 131 cm³/mol. The van der Waals surface area contributed by atoms with Crippen LogP contribution in [0.2, 0.25) is 0 Å². The van der Waals surface area contributed by atoms with Crippen LogP contribution in [0.15, 0.2) is 66.9 Å². The van der Waals surface area contributed by atoms with E-state index in [4.69, 9.17) is 0 Å². The fourth-order valence-corrected chi connectivity index (χ4v) is 4.44. The van der Waals surface area contributed by atoms with Gasteiger partial charge in [-0.3, -0.25) is 14.7 Å². The van der Waals surface area contributed by atoms with Gasteiger partial charge in [-0.1, -0.05) is 18.2 Å². The zero-order valence-electron chi connectivity index (χ0n) is 18.9. The molecule has 4 nitrogen and oxygen atoms in total. The van der Waals surface area contributed by atoms with Crippen LogP contribution in [0.4, 0.5) is 14.5 Å². The summed E-state index contributed by atoms with van der Waals surface area (Å²) in [6.07, 6.45) is 4.44. The van der Waals surface area contributed by atoms with E-state index in [0.717, 1.165) is 48.2 Å². The maximum atomic E-state index is 13.5. The number of hydrogen-bond donors (Lipinski definition) is 1. The number of benzene rings is 3. The van der Waals surface area contributed by atoms with E-state index < -0.39 is 11.6 Å². The van der Waals surface area contributed by atoms with Crippen LogP contribution in [0.3, 0.4) is 0 Å². The van der Waals surface area contributed by atoms with Gasteiger partial charge in [0, 0.05) is 29.4 Å². The highest BCUT2D eigenvalue weighted by atomic mass is 19.2. The van der Waals surface area contributed by atoms with Gasteiger partial charge in [-0.15, -0.1) is 0 Å². The molecule has 1 aliphatic rings. The quantitative estimate of drug-likeness (QED) is 0.381. The normalized spacial score (nSPS) is 14.0. The van der Waals surface area contributed by atoms with Gasteiger partial charge in [0.05, 0.1) is 5.52 Å². The first-order valence-electron chi connectivity index (χ1n) is 11.4. The lowest BCUT2D eigenvalue weighted by atomic mass is 10.0. The Morgan fingerprint density at radius 2 is 1.68 bits per heavy atom. The number of carbonyl (C=O) groups is 1. The average Bonchev–Trinajstić information content (AvgIpc) is 3.34. The molecule has 1 fully saturated rings. The van der Waals surface area contributed by atoms with E-state index in [1.807, 2.05) is 19.2 Å². The van der Waals surface area contributed by atoms with Crippen molar-refractivity contribution in [1.29, 1.82) is 0 Å². The molecule has 2 heterocycles. The second kappa shape index (κ2) is 9.31. The maximum absolute atomic E-state index is 13.5. The number of likely N-dealkylation sites (tertiary alicyclic amines) is 1. The second-order valence-electron chi connectivity index (χ2n) is 8.85. The summed E-state index contributed by atoms with van der Waals surface area (Å²) in [5, 5.41) is 4.03. The Kier molecular flexibility index (Phi) is 6.07. The Bertz CT molecular complexity index is 1360. The standard InChI is InChI=1S/C28H25F2N3O/c1-18-12-23-13-19(17-33-10-2-3-11-33)16-31-27(23)15-26(18)32-28(34)21-6-4-20(5-7-21)22-8-9-24(29)25(30)14-22/h4-9,12-16H,2-3,10-11,17H2,1H3,(H,32,34). The van der Waals surface area contributed by atoms with E-state index in [2.05, 4.69) is 27.3 Å². The zero-order valence-corrected chi connectivity index (χ0v) is 18.9. The van der Waals surface area contributed by atoms with Gasteiger partial charge in [0.2, 0.25) is 0 Å². The molecule has 1 aliphatic heterocycles. The fraction of sp³-hybridized carbons (Fsp3) is 0.214. The largest absolute Gasteiger partial charge is 0.322 e. The molecule has 0 unspecified atom stereocenters. The molecule has 172 valence electrons. The van der Waals surface area contributed by atoms with E-state index in [0.29, 0.717) is 22.4 Å². The van der Waals surface area contributed by atoms with Crippen molar-refractivity contribution in [2.45, 2.75) is 26.3 Å². The van der Waals surface area contributed by atoms with Crippen molar-refractivity contribution < 1.29 is 13.6 Å². The lowest BCUT2D eigenvalue weighted by Crippen LogP contribution is -2.18. The zero-order chi connectivity index (χ0) is 23.7. The first-order chi connectivity index (χ1) is 16.5. The lowest BCUT2D eigenvalue weighted by Gasteiger charge is -2.15. The van der Waals surface area contributed by atoms with Crippen LogP contribution in [-0.2, 0) is 6.54 Å². The highest BCUT2D eigenvalue weighted by Gasteiger charge is 2.14. The summed E-state index contributed by atoms with van der Waals surface area (Å²) in [7, 11) is 0.